The van der Waals surface area contributed by atoms with Crippen molar-refractivity contribution in [3.63, 3.8) is 0 Å². The van der Waals surface area contributed by atoms with E-state index in [9.17, 15) is 9.50 Å². The largest absolute Gasteiger partial charge is 0.396 e. The maximum Gasteiger partial charge on any atom is 0.123 e. The summed E-state index contributed by atoms with van der Waals surface area (Å²) >= 11 is 0. The summed E-state index contributed by atoms with van der Waals surface area (Å²) in [5, 5.41) is 9.78. The first-order valence-electron chi connectivity index (χ1n) is 6.57. The van der Waals surface area contributed by atoms with E-state index in [1.807, 2.05) is 12.1 Å². The van der Waals surface area contributed by atoms with E-state index in [-0.39, 0.29) is 17.8 Å². The molecule has 0 aliphatic heterocycles. The molecule has 3 unspecified atom stereocenters. The van der Waals surface area contributed by atoms with Crippen LogP contribution in [0.3, 0.4) is 0 Å². The molecule has 0 saturated heterocycles. The second-order valence-electron chi connectivity index (χ2n) is 5.90. The van der Waals surface area contributed by atoms with Crippen molar-refractivity contribution >= 4 is 0 Å². The van der Waals surface area contributed by atoms with Gasteiger partial charge in [0.05, 0.1) is 0 Å². The van der Waals surface area contributed by atoms with Gasteiger partial charge in [-0.25, -0.2) is 4.39 Å². The van der Waals surface area contributed by atoms with E-state index in [0.29, 0.717) is 5.92 Å². The molecule has 0 radical (unpaired) electrons. The van der Waals surface area contributed by atoms with Crippen molar-refractivity contribution in [2.24, 2.45) is 17.3 Å². The Balaban J connectivity index is 1.80. The molecule has 3 rings (SSSR count). The van der Waals surface area contributed by atoms with E-state index in [1.165, 1.54) is 31.4 Å². The Morgan fingerprint density at radius 1 is 1.24 bits per heavy atom. The van der Waals surface area contributed by atoms with Crippen molar-refractivity contribution in [1.82, 2.24) is 0 Å². The van der Waals surface area contributed by atoms with Crippen molar-refractivity contribution in [3.05, 3.63) is 35.6 Å². The van der Waals surface area contributed by atoms with E-state index < -0.39 is 0 Å². The standard InChI is InChI=1S/C15H19FO/c16-14-5-2-11(3-6-14)8-15(10-17)9-12-1-4-13(15)7-12/h2-3,5-6,12-13,17H,1,4,7-10H2. The Kier molecular flexibility index (Phi) is 2.70. The molecule has 1 N–H and O–H groups in total. The van der Waals surface area contributed by atoms with Crippen LogP contribution in [-0.4, -0.2) is 11.7 Å². The molecule has 0 heterocycles. The van der Waals surface area contributed by atoms with E-state index >= 15 is 0 Å². The summed E-state index contributed by atoms with van der Waals surface area (Å²) in [6.45, 7) is 0.283. The number of hydrogen-bond acceptors (Lipinski definition) is 1. The Labute approximate surface area is 102 Å². The Hall–Kier alpha value is -0.890. The molecule has 2 fully saturated rings. The zero-order valence-corrected chi connectivity index (χ0v) is 10.0. The van der Waals surface area contributed by atoms with Crippen molar-refractivity contribution in [1.29, 1.82) is 0 Å². The van der Waals surface area contributed by atoms with Gasteiger partial charge in [0.1, 0.15) is 5.82 Å². The van der Waals surface area contributed by atoms with Gasteiger partial charge in [0, 0.05) is 12.0 Å². The first-order valence-corrected chi connectivity index (χ1v) is 6.57. The lowest BCUT2D eigenvalue weighted by Gasteiger charge is -2.36. The molecule has 0 aromatic heterocycles. The fourth-order valence-electron chi connectivity index (χ4n) is 4.03. The fourth-order valence-corrected chi connectivity index (χ4v) is 4.03. The summed E-state index contributed by atoms with van der Waals surface area (Å²) in [4.78, 5) is 0. The summed E-state index contributed by atoms with van der Waals surface area (Å²) in [6.07, 6.45) is 5.97. The summed E-state index contributed by atoms with van der Waals surface area (Å²) in [6, 6.07) is 6.76. The lowest BCUT2D eigenvalue weighted by Crippen LogP contribution is -2.34. The van der Waals surface area contributed by atoms with Gasteiger partial charge in [0.2, 0.25) is 0 Å². The molecule has 1 nitrogen and oxygen atoms in total. The van der Waals surface area contributed by atoms with Crippen molar-refractivity contribution in [2.45, 2.75) is 32.1 Å². The second-order valence-corrected chi connectivity index (χ2v) is 5.90. The van der Waals surface area contributed by atoms with Gasteiger partial charge in [-0.1, -0.05) is 18.6 Å². The molecule has 92 valence electrons. The zero-order chi connectivity index (χ0) is 11.9. The van der Waals surface area contributed by atoms with Crippen LogP contribution in [0.15, 0.2) is 24.3 Å². The highest BCUT2D eigenvalue weighted by Crippen LogP contribution is 2.57. The number of benzene rings is 1. The molecule has 2 saturated carbocycles. The van der Waals surface area contributed by atoms with Crippen molar-refractivity contribution in [2.75, 3.05) is 6.61 Å². The van der Waals surface area contributed by atoms with Crippen LogP contribution in [0.5, 0.6) is 0 Å². The highest BCUT2D eigenvalue weighted by atomic mass is 19.1. The number of aliphatic hydroxyl groups excluding tert-OH is 1. The summed E-state index contributed by atoms with van der Waals surface area (Å²) in [5.41, 5.74) is 1.24. The number of rotatable bonds is 3. The topological polar surface area (TPSA) is 20.2 Å². The Morgan fingerprint density at radius 2 is 2.00 bits per heavy atom. The summed E-state index contributed by atoms with van der Waals surface area (Å²) in [7, 11) is 0. The van der Waals surface area contributed by atoms with E-state index in [1.54, 1.807) is 0 Å². The predicted molar refractivity (Wildman–Crippen MR) is 65.1 cm³/mol. The lowest BCUT2D eigenvalue weighted by molar-refractivity contribution is 0.0651. The van der Waals surface area contributed by atoms with Crippen LogP contribution in [0.25, 0.3) is 0 Å². The van der Waals surface area contributed by atoms with Crippen LogP contribution >= 0.6 is 0 Å². The van der Waals surface area contributed by atoms with Gasteiger partial charge in [-0.05, 0) is 55.2 Å². The Morgan fingerprint density at radius 3 is 2.53 bits per heavy atom. The minimum atomic E-state index is -0.181. The third kappa shape index (κ3) is 1.89. The molecule has 0 amide bonds. The number of fused-ring (bicyclic) bond motifs is 2. The first kappa shape index (κ1) is 11.2. The Bertz CT molecular complexity index is 400. The van der Waals surface area contributed by atoms with Crippen LogP contribution in [-0.2, 0) is 6.42 Å². The minimum Gasteiger partial charge on any atom is -0.396 e. The first-order chi connectivity index (χ1) is 8.22. The molecular formula is C15H19FO. The monoisotopic (exact) mass is 234 g/mol. The fraction of sp³-hybridized carbons (Fsp3) is 0.600. The van der Waals surface area contributed by atoms with Crippen molar-refractivity contribution < 1.29 is 9.50 Å². The number of aliphatic hydroxyl groups is 1. The smallest absolute Gasteiger partial charge is 0.123 e. The van der Waals surface area contributed by atoms with Gasteiger partial charge in [-0.2, -0.15) is 0 Å². The average Bonchev–Trinajstić information content (AvgIpc) is 2.93. The van der Waals surface area contributed by atoms with Gasteiger partial charge >= 0.3 is 0 Å². The molecule has 1 aromatic carbocycles. The molecule has 0 spiro atoms. The molecule has 3 atom stereocenters. The SMILES string of the molecule is OCC1(Cc2ccc(F)cc2)CC2CCC1C2. The maximum atomic E-state index is 12.9. The molecule has 1 aromatic rings. The molecule has 2 heteroatoms. The van der Waals surface area contributed by atoms with Crippen LogP contribution < -0.4 is 0 Å². The van der Waals surface area contributed by atoms with Crippen molar-refractivity contribution in [3.8, 4) is 0 Å². The third-order valence-corrected chi connectivity index (χ3v) is 4.89. The summed E-state index contributed by atoms with van der Waals surface area (Å²) in [5.74, 6) is 1.33. The molecule has 17 heavy (non-hydrogen) atoms. The molecule has 2 aliphatic rings. The highest BCUT2D eigenvalue weighted by Gasteiger charge is 2.50. The second kappa shape index (κ2) is 4.09. The summed E-state index contributed by atoms with van der Waals surface area (Å²) < 4.78 is 12.9. The molecular weight excluding hydrogens is 215 g/mol. The van der Waals surface area contributed by atoms with E-state index in [2.05, 4.69) is 0 Å². The van der Waals surface area contributed by atoms with Crippen LogP contribution in [0.4, 0.5) is 4.39 Å². The highest BCUT2D eigenvalue weighted by molar-refractivity contribution is 5.19. The molecule has 2 bridgehead atoms. The zero-order valence-electron chi connectivity index (χ0n) is 10.0. The van der Waals surface area contributed by atoms with Gasteiger partial charge < -0.3 is 5.11 Å². The average molecular weight is 234 g/mol. The quantitative estimate of drug-likeness (QED) is 0.851. The number of halogens is 1. The van der Waals surface area contributed by atoms with Crippen LogP contribution in [0, 0.1) is 23.1 Å². The van der Waals surface area contributed by atoms with Gasteiger partial charge in [-0.15, -0.1) is 0 Å². The predicted octanol–water partition coefficient (Wildman–Crippen LogP) is 3.17. The normalized spacial score (nSPS) is 35.4. The minimum absolute atomic E-state index is 0.0841. The molecule has 2 aliphatic carbocycles. The van der Waals surface area contributed by atoms with E-state index in [0.717, 1.165) is 24.3 Å². The van der Waals surface area contributed by atoms with Gasteiger partial charge in [0.25, 0.3) is 0 Å². The third-order valence-electron chi connectivity index (χ3n) is 4.89. The number of hydrogen-bond donors (Lipinski definition) is 1. The van der Waals surface area contributed by atoms with Gasteiger partial charge in [-0.3, -0.25) is 0 Å². The lowest BCUT2D eigenvalue weighted by atomic mass is 9.70. The van der Waals surface area contributed by atoms with Gasteiger partial charge in [0.15, 0.2) is 0 Å². The maximum absolute atomic E-state index is 12.9. The van der Waals surface area contributed by atoms with Crippen LogP contribution in [0.1, 0.15) is 31.2 Å². The van der Waals surface area contributed by atoms with E-state index in [4.69, 9.17) is 0 Å². The van der Waals surface area contributed by atoms with Crippen LogP contribution in [0.2, 0.25) is 0 Å².